The number of aromatic nitrogens is 2. The van der Waals surface area contributed by atoms with Crippen molar-refractivity contribution in [1.82, 2.24) is 19.6 Å². The lowest BCUT2D eigenvalue weighted by Crippen LogP contribution is -2.51. The Kier molecular flexibility index (Phi) is 5.80. The van der Waals surface area contributed by atoms with Crippen LogP contribution in [0.3, 0.4) is 0 Å². The van der Waals surface area contributed by atoms with Crippen molar-refractivity contribution in [2.75, 3.05) is 51.3 Å². The van der Waals surface area contributed by atoms with Crippen LogP contribution in [0.1, 0.15) is 6.42 Å². The van der Waals surface area contributed by atoms with E-state index in [1.165, 1.54) is 0 Å². The fraction of sp³-hybridized carbons (Fsp3) is 0.476. The van der Waals surface area contributed by atoms with Crippen molar-refractivity contribution in [2.24, 2.45) is 5.92 Å². The highest BCUT2D eigenvalue weighted by Crippen LogP contribution is 2.29. The van der Waals surface area contributed by atoms with Gasteiger partial charge in [0.15, 0.2) is 0 Å². The van der Waals surface area contributed by atoms with Gasteiger partial charge in [-0.1, -0.05) is 6.07 Å². The molecule has 1 atom stereocenters. The lowest BCUT2D eigenvalue weighted by atomic mass is 10.1. The molecule has 0 spiro atoms. The fourth-order valence-electron chi connectivity index (χ4n) is 4.03. The zero-order chi connectivity index (χ0) is 20.2. The predicted molar refractivity (Wildman–Crippen MR) is 109 cm³/mol. The monoisotopic (exact) mass is 397 g/mol. The molecule has 0 N–H and O–H groups in total. The molecule has 2 aromatic rings. The summed E-state index contributed by atoms with van der Waals surface area (Å²) in [4.78, 5) is 31.5. The Labute approximate surface area is 170 Å². The van der Waals surface area contributed by atoms with Gasteiger partial charge in [-0.05, 0) is 18.2 Å². The van der Waals surface area contributed by atoms with E-state index in [0.717, 1.165) is 31.9 Å². The number of anilines is 1. The van der Waals surface area contributed by atoms with Gasteiger partial charge in [0.2, 0.25) is 11.8 Å². The highest BCUT2D eigenvalue weighted by Gasteiger charge is 2.38. The molecule has 1 unspecified atom stereocenters. The second-order valence-corrected chi connectivity index (χ2v) is 7.54. The number of ether oxygens (including phenoxy) is 1. The van der Waals surface area contributed by atoms with E-state index in [9.17, 15) is 9.59 Å². The Balaban J connectivity index is 1.29. The molecule has 2 aliphatic rings. The van der Waals surface area contributed by atoms with Gasteiger partial charge in [-0.25, -0.2) is 0 Å². The first kappa shape index (κ1) is 19.4. The molecule has 8 nitrogen and oxygen atoms in total. The summed E-state index contributed by atoms with van der Waals surface area (Å²) in [5.74, 6) is 0.519. The molecule has 0 bridgehead atoms. The number of hydrogen-bond donors (Lipinski definition) is 0. The molecular formula is C21H27N5O3. The predicted octanol–water partition coefficient (Wildman–Crippen LogP) is 1.09. The van der Waals surface area contributed by atoms with Crippen LogP contribution in [0.4, 0.5) is 5.69 Å². The van der Waals surface area contributed by atoms with E-state index >= 15 is 0 Å². The molecular weight excluding hydrogens is 370 g/mol. The third-order valence-corrected chi connectivity index (χ3v) is 5.73. The fourth-order valence-corrected chi connectivity index (χ4v) is 4.03. The Hall–Kier alpha value is -2.87. The lowest BCUT2D eigenvalue weighted by Gasteiger charge is -2.35. The summed E-state index contributed by atoms with van der Waals surface area (Å²) in [6.07, 6.45) is 4.02. The minimum atomic E-state index is -0.274. The summed E-state index contributed by atoms with van der Waals surface area (Å²) in [5.41, 5.74) is 0.785. The molecule has 2 amide bonds. The maximum Gasteiger partial charge on any atom is 0.228 e. The average Bonchev–Trinajstić information content (AvgIpc) is 3.42. The number of piperazine rings is 1. The van der Waals surface area contributed by atoms with Crippen LogP contribution >= 0.6 is 0 Å². The highest BCUT2D eigenvalue weighted by atomic mass is 16.5. The van der Waals surface area contributed by atoms with Crippen LogP contribution in [0.2, 0.25) is 0 Å². The van der Waals surface area contributed by atoms with Crippen molar-refractivity contribution in [3.8, 4) is 5.75 Å². The first-order valence-corrected chi connectivity index (χ1v) is 10.1. The number of rotatable bonds is 6. The molecule has 154 valence electrons. The van der Waals surface area contributed by atoms with E-state index in [-0.39, 0.29) is 24.2 Å². The van der Waals surface area contributed by atoms with Crippen molar-refractivity contribution >= 4 is 17.5 Å². The topological polar surface area (TPSA) is 70.9 Å². The van der Waals surface area contributed by atoms with Crippen LogP contribution in [0.25, 0.3) is 0 Å². The molecule has 3 heterocycles. The summed E-state index contributed by atoms with van der Waals surface area (Å²) in [6, 6.07) is 9.35. The van der Waals surface area contributed by atoms with Gasteiger partial charge in [-0.2, -0.15) is 5.10 Å². The van der Waals surface area contributed by atoms with Crippen molar-refractivity contribution in [2.45, 2.75) is 13.0 Å². The molecule has 1 aromatic heterocycles. The largest absolute Gasteiger partial charge is 0.497 e. The third-order valence-electron chi connectivity index (χ3n) is 5.73. The standard InChI is InChI=1S/C21H27N5O3/c1-29-19-5-2-4-18(15-19)26-16-17(14-20(26)27)21(28)24-11-8-23(9-12-24)10-13-25-7-3-6-22-25/h2-7,15,17H,8-14,16H2,1H3. The zero-order valence-corrected chi connectivity index (χ0v) is 16.7. The van der Waals surface area contributed by atoms with Crippen molar-refractivity contribution in [3.63, 3.8) is 0 Å². The number of amides is 2. The molecule has 8 heteroatoms. The van der Waals surface area contributed by atoms with Crippen LogP contribution in [0.15, 0.2) is 42.7 Å². The highest BCUT2D eigenvalue weighted by molar-refractivity contribution is 6.00. The number of carbonyl (C=O) groups is 2. The third kappa shape index (κ3) is 4.42. The van der Waals surface area contributed by atoms with Gasteiger partial charge in [0.1, 0.15) is 5.75 Å². The van der Waals surface area contributed by atoms with E-state index < -0.39 is 0 Å². The maximum absolute atomic E-state index is 13.0. The van der Waals surface area contributed by atoms with E-state index in [1.807, 2.05) is 46.1 Å². The van der Waals surface area contributed by atoms with Gasteiger partial charge in [-0.15, -0.1) is 0 Å². The van der Waals surface area contributed by atoms with Crippen molar-refractivity contribution < 1.29 is 14.3 Å². The first-order chi connectivity index (χ1) is 14.1. The van der Waals surface area contributed by atoms with Crippen molar-refractivity contribution in [1.29, 1.82) is 0 Å². The molecule has 29 heavy (non-hydrogen) atoms. The van der Waals surface area contributed by atoms with E-state index in [2.05, 4.69) is 10.00 Å². The van der Waals surface area contributed by atoms with Gasteiger partial charge in [0.25, 0.3) is 0 Å². The number of carbonyl (C=O) groups excluding carboxylic acids is 2. The van der Waals surface area contributed by atoms with Crippen LogP contribution in [0, 0.1) is 5.92 Å². The number of benzene rings is 1. The Morgan fingerprint density at radius 1 is 1.17 bits per heavy atom. The summed E-state index contributed by atoms with van der Waals surface area (Å²) in [7, 11) is 1.60. The SMILES string of the molecule is COc1cccc(N2CC(C(=O)N3CCN(CCn4cccn4)CC3)CC2=O)c1. The van der Waals surface area contributed by atoms with Crippen LogP contribution in [0.5, 0.6) is 5.75 Å². The quantitative estimate of drug-likeness (QED) is 0.730. The van der Waals surface area contributed by atoms with Crippen LogP contribution < -0.4 is 9.64 Å². The zero-order valence-electron chi connectivity index (χ0n) is 16.7. The Morgan fingerprint density at radius 2 is 2.00 bits per heavy atom. The number of hydrogen-bond acceptors (Lipinski definition) is 5. The van der Waals surface area contributed by atoms with Gasteiger partial charge in [0, 0.05) is 69.8 Å². The maximum atomic E-state index is 13.0. The van der Waals surface area contributed by atoms with Gasteiger partial charge in [0.05, 0.1) is 19.6 Å². The molecule has 4 rings (SSSR count). The molecule has 0 aliphatic carbocycles. The molecule has 0 radical (unpaired) electrons. The van der Waals surface area contributed by atoms with E-state index in [4.69, 9.17) is 4.74 Å². The van der Waals surface area contributed by atoms with Crippen LogP contribution in [-0.4, -0.2) is 77.8 Å². The molecule has 2 fully saturated rings. The molecule has 2 aliphatic heterocycles. The summed E-state index contributed by atoms with van der Waals surface area (Å²) < 4.78 is 7.17. The first-order valence-electron chi connectivity index (χ1n) is 10.1. The normalized spacial score (nSPS) is 20.3. The number of nitrogens with zero attached hydrogens (tertiary/aromatic N) is 5. The molecule has 1 aromatic carbocycles. The lowest BCUT2D eigenvalue weighted by molar-refractivity contribution is -0.137. The summed E-state index contributed by atoms with van der Waals surface area (Å²) in [6.45, 7) is 5.34. The van der Waals surface area contributed by atoms with Gasteiger partial charge >= 0.3 is 0 Å². The van der Waals surface area contributed by atoms with Gasteiger partial charge in [-0.3, -0.25) is 19.2 Å². The minimum Gasteiger partial charge on any atom is -0.497 e. The Bertz CT molecular complexity index is 846. The second kappa shape index (κ2) is 8.65. The van der Waals surface area contributed by atoms with E-state index in [1.54, 1.807) is 18.2 Å². The minimum absolute atomic E-state index is 0.00513. The Morgan fingerprint density at radius 3 is 2.72 bits per heavy atom. The number of methoxy groups -OCH3 is 1. The van der Waals surface area contributed by atoms with Gasteiger partial charge < -0.3 is 14.5 Å². The molecule has 0 saturated carbocycles. The summed E-state index contributed by atoms with van der Waals surface area (Å²) >= 11 is 0. The van der Waals surface area contributed by atoms with Crippen LogP contribution in [-0.2, 0) is 16.1 Å². The van der Waals surface area contributed by atoms with E-state index in [0.29, 0.717) is 25.4 Å². The second-order valence-electron chi connectivity index (χ2n) is 7.54. The summed E-state index contributed by atoms with van der Waals surface area (Å²) in [5, 5.41) is 4.23. The van der Waals surface area contributed by atoms with Crippen molar-refractivity contribution in [3.05, 3.63) is 42.7 Å². The molecule has 2 saturated heterocycles. The average molecular weight is 397 g/mol. The smallest absolute Gasteiger partial charge is 0.228 e.